The van der Waals surface area contributed by atoms with Crippen molar-refractivity contribution in [3.8, 4) is 0 Å². The number of carbonyl (C=O) groups is 1. The van der Waals surface area contributed by atoms with Crippen LogP contribution < -0.4 is 0 Å². The van der Waals surface area contributed by atoms with Gasteiger partial charge in [-0.2, -0.15) is 0 Å². The maximum atomic E-state index is 12.7. The fourth-order valence-electron chi connectivity index (χ4n) is 1.62. The third-order valence-electron chi connectivity index (χ3n) is 2.52. The zero-order chi connectivity index (χ0) is 11.5. The van der Waals surface area contributed by atoms with Crippen molar-refractivity contribution >= 4 is 5.78 Å². The van der Waals surface area contributed by atoms with Crippen molar-refractivity contribution in [2.24, 2.45) is 5.92 Å². The zero-order valence-corrected chi connectivity index (χ0v) is 8.49. The standard InChI is InChI=1S/C13H10F2O/c14-11-5-1-9(2-6-11)13(16)10-3-7-12(15)8-4-10/h1-3,5-8,10H,4H2. The average Bonchev–Trinajstić information content (AvgIpc) is 2.30. The van der Waals surface area contributed by atoms with E-state index in [9.17, 15) is 13.6 Å². The Kier molecular flexibility index (Phi) is 2.95. The van der Waals surface area contributed by atoms with E-state index in [1.807, 2.05) is 0 Å². The summed E-state index contributed by atoms with van der Waals surface area (Å²) in [5.41, 5.74) is 0.451. The summed E-state index contributed by atoms with van der Waals surface area (Å²) in [6.07, 6.45) is 4.57. The quantitative estimate of drug-likeness (QED) is 0.698. The number of halogens is 2. The maximum absolute atomic E-state index is 12.7. The molecule has 1 atom stereocenters. The fraction of sp³-hybridized carbons (Fsp3) is 0.154. The molecule has 0 amide bonds. The van der Waals surface area contributed by atoms with Crippen LogP contribution in [0.3, 0.4) is 0 Å². The van der Waals surface area contributed by atoms with Crippen molar-refractivity contribution in [3.05, 3.63) is 59.7 Å². The van der Waals surface area contributed by atoms with Gasteiger partial charge in [-0.15, -0.1) is 0 Å². The molecule has 1 aromatic carbocycles. The third-order valence-corrected chi connectivity index (χ3v) is 2.52. The average molecular weight is 220 g/mol. The summed E-state index contributed by atoms with van der Waals surface area (Å²) in [6, 6.07) is 5.38. The second-order valence-electron chi connectivity index (χ2n) is 3.66. The molecule has 0 radical (unpaired) electrons. The number of benzene rings is 1. The molecule has 1 unspecified atom stereocenters. The van der Waals surface area contributed by atoms with Crippen LogP contribution in [-0.2, 0) is 0 Å². The molecule has 1 aromatic rings. The summed E-state index contributed by atoms with van der Waals surface area (Å²) in [7, 11) is 0. The predicted molar refractivity (Wildman–Crippen MR) is 57.2 cm³/mol. The highest BCUT2D eigenvalue weighted by molar-refractivity contribution is 5.99. The Morgan fingerprint density at radius 3 is 2.44 bits per heavy atom. The summed E-state index contributed by atoms with van der Waals surface area (Å²) in [4.78, 5) is 11.9. The molecule has 82 valence electrons. The maximum Gasteiger partial charge on any atom is 0.170 e. The number of hydrogen-bond acceptors (Lipinski definition) is 1. The van der Waals surface area contributed by atoms with Crippen LogP contribution in [0.2, 0.25) is 0 Å². The summed E-state index contributed by atoms with van der Waals surface area (Å²) in [5.74, 6) is -1.14. The topological polar surface area (TPSA) is 17.1 Å². The highest BCUT2D eigenvalue weighted by Crippen LogP contribution is 2.21. The van der Waals surface area contributed by atoms with Crippen LogP contribution in [0.5, 0.6) is 0 Å². The summed E-state index contributed by atoms with van der Waals surface area (Å²) < 4.78 is 25.3. The van der Waals surface area contributed by atoms with E-state index in [0.29, 0.717) is 12.0 Å². The molecular formula is C13H10F2O. The molecule has 1 nitrogen and oxygen atoms in total. The highest BCUT2D eigenvalue weighted by atomic mass is 19.1. The van der Waals surface area contributed by atoms with Gasteiger partial charge in [-0.1, -0.05) is 6.08 Å². The molecule has 1 aliphatic carbocycles. The summed E-state index contributed by atoms with van der Waals surface area (Å²) >= 11 is 0. The minimum absolute atomic E-state index is 0.111. The normalized spacial score (nSPS) is 19.4. The van der Waals surface area contributed by atoms with Gasteiger partial charge < -0.3 is 0 Å². The summed E-state index contributed by atoms with van der Waals surface area (Å²) in [6.45, 7) is 0. The van der Waals surface area contributed by atoms with Crippen LogP contribution in [0, 0.1) is 11.7 Å². The van der Waals surface area contributed by atoms with Crippen LogP contribution in [-0.4, -0.2) is 5.78 Å². The first-order valence-electron chi connectivity index (χ1n) is 5.00. The van der Waals surface area contributed by atoms with E-state index in [1.54, 1.807) is 6.08 Å². The van der Waals surface area contributed by atoms with Crippen molar-refractivity contribution in [3.63, 3.8) is 0 Å². The Morgan fingerprint density at radius 2 is 1.88 bits per heavy atom. The van der Waals surface area contributed by atoms with E-state index in [4.69, 9.17) is 0 Å². The highest BCUT2D eigenvalue weighted by Gasteiger charge is 2.18. The van der Waals surface area contributed by atoms with Crippen molar-refractivity contribution < 1.29 is 13.6 Å². The van der Waals surface area contributed by atoms with Gasteiger partial charge in [0.05, 0.1) is 0 Å². The van der Waals surface area contributed by atoms with Crippen molar-refractivity contribution in [2.45, 2.75) is 6.42 Å². The van der Waals surface area contributed by atoms with E-state index in [2.05, 4.69) is 0 Å². The lowest BCUT2D eigenvalue weighted by atomic mass is 9.91. The molecular weight excluding hydrogens is 210 g/mol. The fourth-order valence-corrected chi connectivity index (χ4v) is 1.62. The number of allylic oxidation sites excluding steroid dienone is 4. The first kappa shape index (κ1) is 10.7. The third kappa shape index (κ3) is 2.24. The SMILES string of the molecule is O=C(c1ccc(F)cc1)C1C=CC(F)=CC1. The largest absolute Gasteiger partial charge is 0.294 e. The van der Waals surface area contributed by atoms with Crippen LogP contribution in [0.15, 0.2) is 48.3 Å². The van der Waals surface area contributed by atoms with Gasteiger partial charge in [-0.05, 0) is 42.8 Å². The lowest BCUT2D eigenvalue weighted by Crippen LogP contribution is -2.13. The Balaban J connectivity index is 2.15. The number of Topliss-reactive ketones (excluding diaryl/α,β-unsaturated/α-hetero) is 1. The van der Waals surface area contributed by atoms with Crippen LogP contribution in [0.4, 0.5) is 8.78 Å². The molecule has 3 heteroatoms. The second-order valence-corrected chi connectivity index (χ2v) is 3.66. The molecule has 1 aliphatic rings. The molecule has 0 aromatic heterocycles. The van der Waals surface area contributed by atoms with Gasteiger partial charge in [0.2, 0.25) is 0 Å². The molecule has 0 saturated heterocycles. The molecule has 0 aliphatic heterocycles. The Labute approximate surface area is 92.1 Å². The summed E-state index contributed by atoms with van der Waals surface area (Å²) in [5, 5.41) is 0. The number of rotatable bonds is 2. The van der Waals surface area contributed by atoms with Gasteiger partial charge in [0.1, 0.15) is 11.6 Å². The molecule has 2 rings (SSSR count). The minimum Gasteiger partial charge on any atom is -0.294 e. The van der Waals surface area contributed by atoms with Crippen molar-refractivity contribution in [2.75, 3.05) is 0 Å². The van der Waals surface area contributed by atoms with Crippen LogP contribution in [0.1, 0.15) is 16.8 Å². The van der Waals surface area contributed by atoms with Gasteiger partial charge in [-0.25, -0.2) is 8.78 Å². The monoisotopic (exact) mass is 220 g/mol. The Morgan fingerprint density at radius 1 is 1.19 bits per heavy atom. The smallest absolute Gasteiger partial charge is 0.170 e. The number of ketones is 1. The Hall–Kier alpha value is -1.77. The van der Waals surface area contributed by atoms with E-state index in [0.717, 1.165) is 0 Å². The van der Waals surface area contributed by atoms with Gasteiger partial charge in [0.25, 0.3) is 0 Å². The van der Waals surface area contributed by atoms with Crippen molar-refractivity contribution in [1.82, 2.24) is 0 Å². The van der Waals surface area contributed by atoms with Gasteiger partial charge in [-0.3, -0.25) is 4.79 Å². The Bertz CT molecular complexity index is 457. The molecule has 16 heavy (non-hydrogen) atoms. The number of hydrogen-bond donors (Lipinski definition) is 0. The lowest BCUT2D eigenvalue weighted by molar-refractivity contribution is 0.0945. The van der Waals surface area contributed by atoms with E-state index < -0.39 is 0 Å². The second kappa shape index (κ2) is 4.39. The lowest BCUT2D eigenvalue weighted by Gasteiger charge is -2.12. The van der Waals surface area contributed by atoms with Crippen LogP contribution >= 0.6 is 0 Å². The van der Waals surface area contributed by atoms with E-state index >= 15 is 0 Å². The molecule has 0 saturated carbocycles. The molecule has 0 spiro atoms. The van der Waals surface area contributed by atoms with E-state index in [-0.39, 0.29) is 23.3 Å². The van der Waals surface area contributed by atoms with E-state index in [1.165, 1.54) is 36.4 Å². The molecule has 0 bridgehead atoms. The van der Waals surface area contributed by atoms with Crippen LogP contribution in [0.25, 0.3) is 0 Å². The molecule has 0 N–H and O–H groups in total. The zero-order valence-electron chi connectivity index (χ0n) is 8.49. The van der Waals surface area contributed by atoms with Gasteiger partial charge >= 0.3 is 0 Å². The first-order chi connectivity index (χ1) is 7.66. The molecule has 0 heterocycles. The first-order valence-corrected chi connectivity index (χ1v) is 5.00. The minimum atomic E-state index is -0.373. The molecule has 0 fully saturated rings. The van der Waals surface area contributed by atoms with Gasteiger partial charge in [0.15, 0.2) is 5.78 Å². The van der Waals surface area contributed by atoms with Crippen molar-refractivity contribution in [1.29, 1.82) is 0 Å². The predicted octanol–water partition coefficient (Wildman–Crippen LogP) is 3.44. The van der Waals surface area contributed by atoms with Gasteiger partial charge in [0, 0.05) is 11.5 Å². The number of carbonyl (C=O) groups excluding carboxylic acids is 1.